The summed E-state index contributed by atoms with van der Waals surface area (Å²) in [6.07, 6.45) is 0. The van der Waals surface area contributed by atoms with Crippen LogP contribution >= 0.6 is 23.2 Å². The molecule has 3 N–H and O–H groups in total. The van der Waals surface area contributed by atoms with Crippen LogP contribution in [0, 0.1) is 0 Å². The summed E-state index contributed by atoms with van der Waals surface area (Å²) in [6.45, 7) is 0.395. The Bertz CT molecular complexity index is 565. The Kier molecular flexibility index (Phi) is 4.37. The van der Waals surface area contributed by atoms with Gasteiger partial charge in [0.2, 0.25) is 0 Å². The molecule has 108 valence electrons. The third-order valence-corrected chi connectivity index (χ3v) is 3.77. The van der Waals surface area contributed by atoms with Crippen LogP contribution in [0.25, 0.3) is 0 Å². The fourth-order valence-electron chi connectivity index (χ4n) is 1.94. The number of nitrogens with zero attached hydrogens (tertiary/aromatic N) is 1. The predicted molar refractivity (Wildman–Crippen MR) is 74.2 cm³/mol. The summed E-state index contributed by atoms with van der Waals surface area (Å²) in [5.41, 5.74) is 5.89. The van der Waals surface area contributed by atoms with Crippen LogP contribution in [0.1, 0.15) is 10.4 Å². The fraction of sp³-hybridized carbons (Fsp3) is 0.333. The second kappa shape index (κ2) is 5.87. The van der Waals surface area contributed by atoms with Gasteiger partial charge in [-0.1, -0.05) is 23.2 Å². The van der Waals surface area contributed by atoms with Crippen LogP contribution in [0.4, 0.5) is 5.69 Å². The minimum atomic E-state index is -1.13. The van der Waals surface area contributed by atoms with Crippen LogP contribution in [-0.4, -0.2) is 47.7 Å². The highest BCUT2D eigenvalue weighted by atomic mass is 35.5. The maximum absolute atomic E-state index is 12.4. The number of amides is 1. The zero-order valence-electron chi connectivity index (χ0n) is 10.3. The molecule has 8 heteroatoms. The maximum Gasteiger partial charge on any atom is 0.328 e. The molecule has 0 radical (unpaired) electrons. The molecule has 1 unspecified atom stereocenters. The van der Waals surface area contributed by atoms with Gasteiger partial charge in [0.05, 0.1) is 34.5 Å². The van der Waals surface area contributed by atoms with Gasteiger partial charge < -0.3 is 20.5 Å². The van der Waals surface area contributed by atoms with E-state index in [2.05, 4.69) is 0 Å². The van der Waals surface area contributed by atoms with Crippen LogP contribution in [-0.2, 0) is 9.53 Å². The van der Waals surface area contributed by atoms with Gasteiger partial charge >= 0.3 is 5.97 Å². The summed E-state index contributed by atoms with van der Waals surface area (Å²) in [7, 11) is 0. The molecule has 1 aromatic rings. The zero-order chi connectivity index (χ0) is 14.9. The first-order valence-electron chi connectivity index (χ1n) is 5.78. The number of hydrogen-bond acceptors (Lipinski definition) is 4. The standard InChI is InChI=1S/C12H12Cl2N2O4/c13-7-2-1-6(9(14)10(7)15)11(17)16-3-4-20-5-8(16)12(18)19/h1-2,8H,3-5,15H2,(H,18,19). The van der Waals surface area contributed by atoms with E-state index >= 15 is 0 Å². The fourth-order valence-corrected chi connectivity index (χ4v) is 2.39. The monoisotopic (exact) mass is 318 g/mol. The van der Waals surface area contributed by atoms with E-state index < -0.39 is 17.9 Å². The van der Waals surface area contributed by atoms with Crippen molar-refractivity contribution in [2.45, 2.75) is 6.04 Å². The molecule has 0 aliphatic carbocycles. The molecular formula is C12H12Cl2N2O4. The number of benzene rings is 1. The highest BCUT2D eigenvalue weighted by Gasteiger charge is 2.34. The lowest BCUT2D eigenvalue weighted by Crippen LogP contribution is -2.52. The van der Waals surface area contributed by atoms with Gasteiger partial charge in [0.25, 0.3) is 5.91 Å². The highest BCUT2D eigenvalue weighted by Crippen LogP contribution is 2.31. The normalized spacial score (nSPS) is 18.9. The predicted octanol–water partition coefficient (Wildman–Crippen LogP) is 1.50. The van der Waals surface area contributed by atoms with E-state index in [1.165, 1.54) is 17.0 Å². The number of morpholine rings is 1. The molecule has 0 spiro atoms. The second-order valence-electron chi connectivity index (χ2n) is 4.25. The molecule has 1 fully saturated rings. The molecular weight excluding hydrogens is 307 g/mol. The van der Waals surface area contributed by atoms with Gasteiger partial charge in [-0.2, -0.15) is 0 Å². The van der Waals surface area contributed by atoms with Crippen LogP contribution in [0.15, 0.2) is 12.1 Å². The van der Waals surface area contributed by atoms with E-state index in [4.69, 9.17) is 38.8 Å². The van der Waals surface area contributed by atoms with Crippen molar-refractivity contribution in [1.29, 1.82) is 0 Å². The number of nitrogens with two attached hydrogens (primary N) is 1. The molecule has 1 aliphatic heterocycles. The number of rotatable bonds is 2. The largest absolute Gasteiger partial charge is 0.480 e. The first-order chi connectivity index (χ1) is 9.43. The number of carboxylic acids is 1. The highest BCUT2D eigenvalue weighted by molar-refractivity contribution is 6.40. The number of anilines is 1. The third kappa shape index (κ3) is 2.67. The Morgan fingerprint density at radius 1 is 1.40 bits per heavy atom. The van der Waals surface area contributed by atoms with Gasteiger partial charge in [0.15, 0.2) is 6.04 Å². The number of nitrogen functional groups attached to an aromatic ring is 1. The third-order valence-electron chi connectivity index (χ3n) is 3.03. The van der Waals surface area contributed by atoms with E-state index in [-0.39, 0.29) is 41.1 Å². The van der Waals surface area contributed by atoms with Gasteiger partial charge in [0.1, 0.15) is 0 Å². The average molecular weight is 319 g/mol. The van der Waals surface area contributed by atoms with E-state index in [1.807, 2.05) is 0 Å². The van der Waals surface area contributed by atoms with Crippen LogP contribution in [0.5, 0.6) is 0 Å². The molecule has 1 aromatic carbocycles. The van der Waals surface area contributed by atoms with Gasteiger partial charge in [-0.15, -0.1) is 0 Å². The van der Waals surface area contributed by atoms with Crippen molar-refractivity contribution >= 4 is 40.8 Å². The van der Waals surface area contributed by atoms with E-state index in [1.54, 1.807) is 0 Å². The van der Waals surface area contributed by atoms with Gasteiger partial charge in [-0.3, -0.25) is 4.79 Å². The molecule has 0 bridgehead atoms. The molecule has 1 saturated heterocycles. The molecule has 2 rings (SSSR count). The summed E-state index contributed by atoms with van der Waals surface area (Å²) in [6, 6.07) is 1.84. The van der Waals surface area contributed by atoms with Crippen LogP contribution in [0.3, 0.4) is 0 Å². The second-order valence-corrected chi connectivity index (χ2v) is 5.04. The zero-order valence-corrected chi connectivity index (χ0v) is 11.8. The molecule has 1 aliphatic rings. The average Bonchev–Trinajstić information content (AvgIpc) is 2.44. The summed E-state index contributed by atoms with van der Waals surface area (Å²) in [5.74, 6) is -1.63. The quantitative estimate of drug-likeness (QED) is 0.806. The number of carbonyl (C=O) groups is 2. The molecule has 6 nitrogen and oxygen atoms in total. The van der Waals surface area contributed by atoms with Crippen molar-refractivity contribution < 1.29 is 19.4 Å². The van der Waals surface area contributed by atoms with E-state index in [0.717, 1.165) is 0 Å². The molecule has 1 amide bonds. The van der Waals surface area contributed by atoms with Crippen molar-refractivity contribution in [3.8, 4) is 0 Å². The maximum atomic E-state index is 12.4. The van der Waals surface area contributed by atoms with Gasteiger partial charge in [0, 0.05) is 6.54 Å². The number of hydrogen-bond donors (Lipinski definition) is 2. The molecule has 1 heterocycles. The summed E-state index contributed by atoms with van der Waals surface area (Å²) >= 11 is 11.8. The van der Waals surface area contributed by atoms with Crippen molar-refractivity contribution in [2.75, 3.05) is 25.5 Å². The molecule has 0 aromatic heterocycles. The van der Waals surface area contributed by atoms with Crippen molar-refractivity contribution in [3.05, 3.63) is 27.7 Å². The first kappa shape index (κ1) is 14.9. The topological polar surface area (TPSA) is 92.9 Å². The Hall–Kier alpha value is -1.50. The number of halogens is 2. The minimum absolute atomic E-state index is 0.0260. The lowest BCUT2D eigenvalue weighted by molar-refractivity contribution is -0.147. The summed E-state index contributed by atoms with van der Waals surface area (Å²) < 4.78 is 5.08. The molecule has 0 saturated carbocycles. The van der Waals surface area contributed by atoms with Gasteiger partial charge in [-0.25, -0.2) is 4.79 Å². The number of carbonyl (C=O) groups excluding carboxylic acids is 1. The Balaban J connectivity index is 2.35. The van der Waals surface area contributed by atoms with Gasteiger partial charge in [-0.05, 0) is 12.1 Å². The van der Waals surface area contributed by atoms with Crippen LogP contribution in [0.2, 0.25) is 10.0 Å². The van der Waals surface area contributed by atoms with E-state index in [9.17, 15) is 9.59 Å². The Morgan fingerprint density at radius 2 is 2.10 bits per heavy atom. The van der Waals surface area contributed by atoms with E-state index in [0.29, 0.717) is 0 Å². The van der Waals surface area contributed by atoms with Crippen LogP contribution < -0.4 is 5.73 Å². The lowest BCUT2D eigenvalue weighted by Gasteiger charge is -2.33. The Labute approximate surface area is 125 Å². The lowest BCUT2D eigenvalue weighted by atomic mass is 10.1. The first-order valence-corrected chi connectivity index (χ1v) is 6.54. The summed E-state index contributed by atoms with van der Waals surface area (Å²) in [5, 5.41) is 9.39. The molecule has 1 atom stereocenters. The number of aliphatic carboxylic acids is 1. The molecule has 20 heavy (non-hydrogen) atoms. The minimum Gasteiger partial charge on any atom is -0.480 e. The van der Waals surface area contributed by atoms with Crippen molar-refractivity contribution in [3.63, 3.8) is 0 Å². The Morgan fingerprint density at radius 3 is 2.75 bits per heavy atom. The number of ether oxygens (including phenoxy) is 1. The van der Waals surface area contributed by atoms with Crippen molar-refractivity contribution in [1.82, 2.24) is 4.90 Å². The summed E-state index contributed by atoms with van der Waals surface area (Å²) in [4.78, 5) is 24.8. The van der Waals surface area contributed by atoms with Crippen molar-refractivity contribution in [2.24, 2.45) is 0 Å². The number of carboxylic acid groups (broad SMARTS) is 1. The smallest absolute Gasteiger partial charge is 0.328 e. The SMILES string of the molecule is Nc1c(Cl)ccc(C(=O)N2CCOCC2C(=O)O)c1Cl.